The fourth-order valence-electron chi connectivity index (χ4n) is 1.63. The second kappa shape index (κ2) is 4.96. The molecular weight excluding hydrogens is 150 g/mol. The van der Waals surface area contributed by atoms with Gasteiger partial charge in [-0.2, -0.15) is 0 Å². The Morgan fingerprint density at radius 1 is 1.33 bits per heavy atom. The van der Waals surface area contributed by atoms with Crippen LogP contribution in [0.25, 0.3) is 0 Å². The van der Waals surface area contributed by atoms with E-state index < -0.39 is 0 Å². The van der Waals surface area contributed by atoms with E-state index in [0.717, 1.165) is 0 Å². The third-order valence-electron chi connectivity index (χ3n) is 2.42. The highest BCUT2D eigenvalue weighted by atomic mass is 16.1. The van der Waals surface area contributed by atoms with E-state index in [1.165, 1.54) is 32.1 Å². The Bertz CT molecular complexity index is 169. The van der Waals surface area contributed by atoms with Crippen molar-refractivity contribution in [1.29, 1.82) is 0 Å². The first-order valence-corrected chi connectivity index (χ1v) is 4.73. The molecule has 1 saturated carbocycles. The minimum Gasteiger partial charge on any atom is -0.356 e. The molecule has 0 bridgehead atoms. The Morgan fingerprint density at radius 3 is 2.58 bits per heavy atom. The summed E-state index contributed by atoms with van der Waals surface area (Å²) in [6.07, 6.45) is 10.2. The van der Waals surface area contributed by atoms with E-state index in [4.69, 9.17) is 0 Å². The van der Waals surface area contributed by atoms with Crippen molar-refractivity contribution in [3.05, 3.63) is 12.2 Å². The monoisotopic (exact) mass is 167 g/mol. The molecule has 0 aromatic carbocycles. The minimum absolute atomic E-state index is 0.0144. The zero-order valence-electron chi connectivity index (χ0n) is 7.68. The minimum atomic E-state index is 0.0144. The van der Waals surface area contributed by atoms with Gasteiger partial charge in [0.1, 0.15) is 0 Å². The summed E-state index contributed by atoms with van der Waals surface area (Å²) in [6.45, 7) is 0. The van der Waals surface area contributed by atoms with Crippen LogP contribution in [0.2, 0.25) is 0 Å². The van der Waals surface area contributed by atoms with E-state index >= 15 is 0 Å². The fourth-order valence-corrected chi connectivity index (χ4v) is 1.63. The van der Waals surface area contributed by atoms with Gasteiger partial charge in [-0.3, -0.25) is 4.79 Å². The molecule has 1 N–H and O–H groups in total. The van der Waals surface area contributed by atoms with Gasteiger partial charge in [0.2, 0.25) is 5.91 Å². The van der Waals surface area contributed by atoms with Crippen LogP contribution in [0, 0.1) is 5.92 Å². The van der Waals surface area contributed by atoms with E-state index in [0.29, 0.717) is 5.92 Å². The quantitative estimate of drug-likeness (QED) is 0.625. The molecule has 12 heavy (non-hydrogen) atoms. The first kappa shape index (κ1) is 9.30. The first-order valence-electron chi connectivity index (χ1n) is 4.73. The van der Waals surface area contributed by atoms with Crippen LogP contribution in [0.15, 0.2) is 12.2 Å². The van der Waals surface area contributed by atoms with E-state index in [9.17, 15) is 4.79 Å². The van der Waals surface area contributed by atoms with E-state index in [-0.39, 0.29) is 5.91 Å². The summed E-state index contributed by atoms with van der Waals surface area (Å²) < 4.78 is 0. The molecule has 0 aromatic rings. The number of rotatable bonds is 2. The highest BCUT2D eigenvalue weighted by Gasteiger charge is 2.09. The summed E-state index contributed by atoms with van der Waals surface area (Å²) in [4.78, 5) is 10.9. The average Bonchev–Trinajstić information content (AvgIpc) is 2.16. The molecule has 0 radical (unpaired) electrons. The zero-order chi connectivity index (χ0) is 8.81. The zero-order valence-corrected chi connectivity index (χ0v) is 7.68. The van der Waals surface area contributed by atoms with Gasteiger partial charge in [0.25, 0.3) is 0 Å². The smallest absolute Gasteiger partial charge is 0.243 e. The summed E-state index contributed by atoms with van der Waals surface area (Å²) >= 11 is 0. The summed E-state index contributed by atoms with van der Waals surface area (Å²) in [7, 11) is 1.66. The molecule has 68 valence electrons. The number of carbonyl (C=O) groups is 1. The highest BCUT2D eigenvalue weighted by Crippen LogP contribution is 2.24. The summed E-state index contributed by atoms with van der Waals surface area (Å²) in [5, 5.41) is 2.58. The molecule has 1 aliphatic carbocycles. The Hall–Kier alpha value is -0.790. The van der Waals surface area contributed by atoms with Crippen LogP contribution < -0.4 is 5.32 Å². The number of amides is 1. The lowest BCUT2D eigenvalue weighted by atomic mass is 9.89. The van der Waals surface area contributed by atoms with Crippen LogP contribution in [0.1, 0.15) is 32.1 Å². The number of nitrogens with one attached hydrogen (secondary N) is 1. The predicted molar refractivity (Wildman–Crippen MR) is 49.8 cm³/mol. The Labute approximate surface area is 74.0 Å². The van der Waals surface area contributed by atoms with E-state index in [2.05, 4.69) is 11.4 Å². The molecule has 1 fully saturated rings. The highest BCUT2D eigenvalue weighted by molar-refractivity contribution is 5.87. The SMILES string of the molecule is CNC(=O)C=CC1CCCCC1. The lowest BCUT2D eigenvalue weighted by Crippen LogP contribution is -2.15. The van der Waals surface area contributed by atoms with Gasteiger partial charge in [-0.05, 0) is 24.8 Å². The molecular formula is C10H17NO. The van der Waals surface area contributed by atoms with Crippen LogP contribution in [-0.4, -0.2) is 13.0 Å². The Balaban J connectivity index is 2.28. The van der Waals surface area contributed by atoms with Gasteiger partial charge in [0.15, 0.2) is 0 Å². The van der Waals surface area contributed by atoms with Crippen LogP contribution in [0.5, 0.6) is 0 Å². The molecule has 2 heteroatoms. The van der Waals surface area contributed by atoms with Crippen LogP contribution in [-0.2, 0) is 4.79 Å². The fraction of sp³-hybridized carbons (Fsp3) is 0.700. The first-order chi connectivity index (χ1) is 5.83. The molecule has 0 unspecified atom stereocenters. The maximum Gasteiger partial charge on any atom is 0.243 e. The summed E-state index contributed by atoms with van der Waals surface area (Å²) in [5.74, 6) is 0.664. The molecule has 0 aromatic heterocycles. The lowest BCUT2D eigenvalue weighted by molar-refractivity contribution is -0.116. The van der Waals surface area contributed by atoms with Crippen LogP contribution in [0.4, 0.5) is 0 Å². The van der Waals surface area contributed by atoms with Crippen molar-refractivity contribution in [1.82, 2.24) is 5.32 Å². The molecule has 1 rings (SSSR count). The second-order valence-corrected chi connectivity index (χ2v) is 3.37. The van der Waals surface area contributed by atoms with Crippen molar-refractivity contribution in [3.8, 4) is 0 Å². The molecule has 0 aliphatic heterocycles. The number of allylic oxidation sites excluding steroid dienone is 1. The van der Waals surface area contributed by atoms with Gasteiger partial charge in [-0.1, -0.05) is 25.3 Å². The van der Waals surface area contributed by atoms with Crippen molar-refractivity contribution < 1.29 is 4.79 Å². The van der Waals surface area contributed by atoms with Crippen molar-refractivity contribution in [2.45, 2.75) is 32.1 Å². The molecule has 1 amide bonds. The van der Waals surface area contributed by atoms with Crippen molar-refractivity contribution in [2.24, 2.45) is 5.92 Å². The molecule has 0 heterocycles. The molecule has 1 aliphatic rings. The molecule has 0 atom stereocenters. The largest absolute Gasteiger partial charge is 0.356 e. The van der Waals surface area contributed by atoms with Crippen LogP contribution >= 0.6 is 0 Å². The van der Waals surface area contributed by atoms with E-state index in [1.54, 1.807) is 13.1 Å². The summed E-state index contributed by atoms with van der Waals surface area (Å²) in [5.41, 5.74) is 0. The van der Waals surface area contributed by atoms with Gasteiger partial charge in [0, 0.05) is 7.05 Å². The third-order valence-corrected chi connectivity index (χ3v) is 2.42. The maximum absolute atomic E-state index is 10.9. The summed E-state index contributed by atoms with van der Waals surface area (Å²) in [6, 6.07) is 0. The van der Waals surface area contributed by atoms with Crippen molar-refractivity contribution in [3.63, 3.8) is 0 Å². The van der Waals surface area contributed by atoms with Crippen LogP contribution in [0.3, 0.4) is 0 Å². The number of hydrogen-bond acceptors (Lipinski definition) is 1. The number of carbonyl (C=O) groups excluding carboxylic acids is 1. The van der Waals surface area contributed by atoms with Gasteiger partial charge in [0.05, 0.1) is 0 Å². The average molecular weight is 167 g/mol. The Morgan fingerprint density at radius 2 is 2.00 bits per heavy atom. The van der Waals surface area contributed by atoms with E-state index in [1.807, 2.05) is 0 Å². The standard InChI is InChI=1S/C10H17NO/c1-11-10(12)8-7-9-5-3-2-4-6-9/h7-9H,2-6H2,1H3,(H,11,12). The van der Waals surface area contributed by atoms with Gasteiger partial charge in [-0.25, -0.2) is 0 Å². The van der Waals surface area contributed by atoms with Gasteiger partial charge in [-0.15, -0.1) is 0 Å². The van der Waals surface area contributed by atoms with Crippen molar-refractivity contribution >= 4 is 5.91 Å². The second-order valence-electron chi connectivity index (χ2n) is 3.37. The molecule has 0 spiro atoms. The number of hydrogen-bond donors (Lipinski definition) is 1. The molecule has 2 nitrogen and oxygen atoms in total. The maximum atomic E-state index is 10.9. The number of likely N-dealkylation sites (N-methyl/N-ethyl adjacent to an activating group) is 1. The topological polar surface area (TPSA) is 29.1 Å². The third kappa shape index (κ3) is 3.07. The Kier molecular flexibility index (Phi) is 3.85. The lowest BCUT2D eigenvalue weighted by Gasteiger charge is -2.17. The normalized spacial score (nSPS) is 19.8. The van der Waals surface area contributed by atoms with Gasteiger partial charge < -0.3 is 5.32 Å². The van der Waals surface area contributed by atoms with Crippen molar-refractivity contribution in [2.75, 3.05) is 7.05 Å². The molecule has 0 saturated heterocycles. The van der Waals surface area contributed by atoms with Gasteiger partial charge >= 0.3 is 0 Å². The predicted octanol–water partition coefficient (Wildman–Crippen LogP) is 1.87.